The Hall–Kier alpha value is -14.7. The summed E-state index contributed by atoms with van der Waals surface area (Å²) in [5.74, 6) is -12.0. The van der Waals surface area contributed by atoms with Crippen LogP contribution in [0.25, 0.3) is 33.4 Å². The number of phenolic OH excluding ortho intramolecular Hbond substituents is 2. The van der Waals surface area contributed by atoms with E-state index in [9.17, 15) is 87.2 Å². The molecule has 12 rings (SSSR count). The Balaban J connectivity index is 0.729. The summed E-state index contributed by atoms with van der Waals surface area (Å²) in [6.45, 7) is 3.19. The number of carbonyl (C=O) groups is 14. The van der Waals surface area contributed by atoms with Crippen LogP contribution in [-0.2, 0) is 70.7 Å². The molecule has 1 aliphatic carbocycles. The summed E-state index contributed by atoms with van der Waals surface area (Å²) in [4.78, 5) is 223. The molecule has 5 aliphatic heterocycles. The number of rotatable bonds is 28. The fourth-order valence-electron chi connectivity index (χ4n) is 15.8. The first-order valence-electron chi connectivity index (χ1n) is 43.7. The topological polar surface area (TPSA) is 659 Å². The van der Waals surface area contributed by atoms with E-state index in [1.165, 1.54) is 78.5 Å². The highest BCUT2D eigenvalue weighted by Crippen LogP contribution is 2.43. The fourth-order valence-corrected chi connectivity index (χ4v) is 17.9. The van der Waals surface area contributed by atoms with Crippen LogP contribution in [0.1, 0.15) is 126 Å². The molecule has 1 aromatic heterocycles. The first-order chi connectivity index (χ1) is 64.2. The normalized spacial score (nSPS) is 19.0. The Morgan fingerprint density at radius 3 is 1.83 bits per heavy atom. The minimum atomic E-state index is -1.33. The number of carboxylic acids is 1. The summed E-state index contributed by atoms with van der Waals surface area (Å²) in [5, 5.41) is 74.8. The smallest absolute Gasteiger partial charge is 0.336 e. The average Bonchev–Trinajstić information content (AvgIpc) is 0.744. The Bertz CT molecular complexity index is 5810. The summed E-state index contributed by atoms with van der Waals surface area (Å²) in [5.41, 5.74) is 25.5. The van der Waals surface area contributed by atoms with Gasteiger partial charge in [0.1, 0.15) is 59.1 Å². The van der Waals surface area contributed by atoms with Crippen molar-refractivity contribution in [2.24, 2.45) is 40.7 Å². The fraction of sp³-hybridized carbons (Fsp3) is 0.389. The molecule has 6 aliphatic rings. The van der Waals surface area contributed by atoms with Crippen LogP contribution >= 0.6 is 23.5 Å². The van der Waals surface area contributed by atoms with Crippen molar-refractivity contribution in [1.82, 2.24) is 68.1 Å². The van der Waals surface area contributed by atoms with E-state index >= 15 is 0 Å². The third-order valence-electron chi connectivity index (χ3n) is 23.2. The van der Waals surface area contributed by atoms with Crippen LogP contribution in [0.5, 0.6) is 11.5 Å². The maximum absolute atomic E-state index is 14.5. The quantitative estimate of drug-likeness (QED) is 0.0144. The molecular weight excluding hydrogens is 1770 g/mol. The first kappa shape index (κ1) is 98.3. The number of benzene rings is 6. The van der Waals surface area contributed by atoms with Gasteiger partial charge in [0.2, 0.25) is 82.8 Å². The van der Waals surface area contributed by atoms with Crippen LogP contribution in [0.15, 0.2) is 124 Å². The zero-order valence-corrected chi connectivity index (χ0v) is 75.0. The molecule has 6 aromatic rings. The number of nitrogens with one attached hydrogen (secondary N) is 14. The van der Waals surface area contributed by atoms with Gasteiger partial charge < -0.3 is 122 Å². The zero-order chi connectivity index (χ0) is 96.0. The Morgan fingerprint density at radius 1 is 0.582 bits per heavy atom. The molecule has 0 spiro atoms. The van der Waals surface area contributed by atoms with Crippen LogP contribution < -0.4 is 107 Å². The molecular formula is C90H107N23O19S2. The van der Waals surface area contributed by atoms with Gasteiger partial charge in [0.05, 0.1) is 25.2 Å². The molecule has 2 bridgehead atoms. The van der Waals surface area contributed by atoms with Crippen LogP contribution in [0.4, 0.5) is 34.9 Å². The van der Waals surface area contributed by atoms with Crippen molar-refractivity contribution in [1.29, 1.82) is 5.41 Å². The molecule has 708 valence electrons. The van der Waals surface area contributed by atoms with E-state index in [2.05, 4.69) is 69.1 Å². The average molecular weight is 1880 g/mol. The third-order valence-corrected chi connectivity index (χ3v) is 25.4. The lowest BCUT2D eigenvalue weighted by atomic mass is 9.90. The number of anilines is 6. The van der Waals surface area contributed by atoms with Crippen LogP contribution in [0.3, 0.4) is 0 Å². The Labute approximate surface area is 776 Å². The van der Waals surface area contributed by atoms with E-state index in [-0.39, 0.29) is 198 Å². The number of unbranched alkanes of at least 4 members (excludes halogenated alkanes) is 1. The lowest BCUT2D eigenvalue weighted by Gasteiger charge is -2.34. The standard InChI is InChI=1S/C90H107N23O19S2/c1-3-46(2)75-85(129)105-64(8-6-26-96-87(94)95)82(126)99-41-73(119)103-67(76(92)120)44-133-42-48-31-52(80(124)108-75)34-55(32-48)101-72(118)40-98-79(123)50-23-29-113(30-24-50)90-110-88(102-54-13-18-59(63(36-54)86(130)131)74-60-19-16-57(115)37-69(60)132-70-38-58(116)17-20-61(70)74)109-89(111-90)112-27-21-49(22-28-112)78(122)97-39-71(117)100-53-12-11-51-43-134-45-68(77(93)121)107-84(128)66(33-47-9-14-56(114)15-10-47)106-83(127)65(7-4-5-25-91)104-81(125)62(51)35-53/h9-20,31-32,34-38,46,49-50,64-68,75,114-115H,3-8,21-30,33,39-45,91H2,1-2H3,(H2,92,120)(H2,93,121)(H,97,122)(H,98,123)(H,99,126)(H,100,117)(H,101,118)(H,103,119)(H,104,125)(H,105,129)(H,106,127)(H,107,128)(H,108,124)(H,130,131)(H4,94,95,96)(H,102,109,110,111)/t46-,64-,65-,66-,67-,68-,75-/m0/s1. The first-order valence-corrected chi connectivity index (χ1v) is 46.0. The molecule has 134 heavy (non-hydrogen) atoms. The lowest BCUT2D eigenvalue weighted by Crippen LogP contribution is -2.57. The van der Waals surface area contributed by atoms with Gasteiger partial charge in [-0.3, -0.25) is 72.5 Å². The van der Waals surface area contributed by atoms with E-state index in [4.69, 9.17) is 47.7 Å². The van der Waals surface area contributed by atoms with E-state index in [1.807, 2.05) is 9.80 Å². The molecule has 25 N–H and O–H groups in total. The number of aromatic nitrogens is 3. The summed E-state index contributed by atoms with van der Waals surface area (Å²) >= 11 is 2.35. The largest absolute Gasteiger partial charge is 0.508 e. The van der Waals surface area contributed by atoms with Crippen molar-refractivity contribution >= 4 is 158 Å². The third kappa shape index (κ3) is 26.6. The second-order valence-corrected chi connectivity index (χ2v) is 35.0. The summed E-state index contributed by atoms with van der Waals surface area (Å²) in [6, 6.07) is 20.8. The number of hydrogen-bond acceptors (Lipinski definition) is 28. The summed E-state index contributed by atoms with van der Waals surface area (Å²) in [6.07, 6.45) is 2.56. The maximum atomic E-state index is 14.5. The molecule has 2 fully saturated rings. The minimum Gasteiger partial charge on any atom is -0.508 e. The monoisotopic (exact) mass is 1880 g/mol. The lowest BCUT2D eigenvalue weighted by molar-refractivity contribution is -0.132. The number of phenols is 2. The van der Waals surface area contributed by atoms with E-state index in [0.29, 0.717) is 59.0 Å². The number of amides is 13. The van der Waals surface area contributed by atoms with Crippen LogP contribution in [0, 0.1) is 23.2 Å². The molecule has 5 aromatic carbocycles. The van der Waals surface area contributed by atoms with Gasteiger partial charge in [0, 0.05) is 131 Å². The van der Waals surface area contributed by atoms with Crippen molar-refractivity contribution in [3.63, 3.8) is 0 Å². The van der Waals surface area contributed by atoms with Crippen LogP contribution in [0.2, 0.25) is 0 Å². The number of carboxylic acid groups (broad SMARTS) is 1. The Kier molecular flexibility index (Phi) is 33.7. The molecule has 2 saturated heterocycles. The zero-order valence-electron chi connectivity index (χ0n) is 73.4. The maximum Gasteiger partial charge on any atom is 0.336 e. The Morgan fingerprint density at radius 2 is 1.19 bits per heavy atom. The SMILES string of the molecule is CC[C@H](C)[C@@H]1NC(=O)c2cc(cc(NC(=O)CNC(=O)C3CCN(c4nc(Nc5ccc(-c6c7ccc(=O)cc-7oc7cc(O)ccc67)c(C(=O)O)c5)nc(N5CCC(C(=O)NCC(=O)Nc6ccc7c(c6)C(=O)N[C@@H](CCCCN)C(=O)N[C@@H](Cc6ccc(O)cc6)C(=O)N[C@H](C(N)=O)CSC7)CC5)n4)CC3)c2)CSC[C@@H](C(N)=O)NC(=O)CNC(=O)[C@H](CCCNC(=N)N)NC1=O. The number of nitrogens with zero attached hydrogens (tertiary/aromatic N) is 5. The van der Waals surface area contributed by atoms with E-state index in [1.54, 1.807) is 62.4 Å². The number of aromatic carboxylic acids is 1. The van der Waals surface area contributed by atoms with Crippen molar-refractivity contribution in [2.45, 2.75) is 132 Å². The van der Waals surface area contributed by atoms with Gasteiger partial charge in [-0.25, -0.2) is 4.79 Å². The van der Waals surface area contributed by atoms with Crippen LogP contribution in [-0.4, -0.2) is 226 Å². The van der Waals surface area contributed by atoms with Crippen molar-refractivity contribution < 1.29 is 86.9 Å². The highest BCUT2D eigenvalue weighted by Gasteiger charge is 2.37. The van der Waals surface area contributed by atoms with Gasteiger partial charge >= 0.3 is 5.97 Å². The number of hydrogen-bond donors (Lipinski definition) is 21. The molecule has 6 heterocycles. The van der Waals surface area contributed by atoms with Gasteiger partial charge in [-0.1, -0.05) is 44.5 Å². The number of carbonyl (C=O) groups excluding carboxylic acids is 13. The van der Waals surface area contributed by atoms with E-state index in [0.717, 1.165) is 11.8 Å². The molecule has 0 saturated carbocycles. The predicted octanol–water partition coefficient (Wildman–Crippen LogP) is 1.94. The van der Waals surface area contributed by atoms with Gasteiger partial charge in [0.15, 0.2) is 11.4 Å². The van der Waals surface area contributed by atoms with Gasteiger partial charge in [-0.2, -0.15) is 38.5 Å². The van der Waals surface area contributed by atoms with Crippen molar-refractivity contribution in [3.8, 4) is 33.9 Å². The number of fused-ring (bicyclic) bond motifs is 5. The highest BCUT2D eigenvalue weighted by molar-refractivity contribution is 7.98. The molecule has 42 nitrogen and oxygen atoms in total. The number of thioether (sulfide) groups is 2. The number of primary amides is 2. The van der Waals surface area contributed by atoms with Crippen molar-refractivity contribution in [3.05, 3.63) is 159 Å². The minimum absolute atomic E-state index is 0.00637. The number of aromatic hydroxyl groups is 2. The number of nitrogens with two attached hydrogens (primary N) is 4. The summed E-state index contributed by atoms with van der Waals surface area (Å²) in [7, 11) is 0. The highest BCUT2D eigenvalue weighted by atomic mass is 32.2. The van der Waals surface area contributed by atoms with Crippen molar-refractivity contribution in [2.75, 3.05) is 96.2 Å². The molecule has 0 unspecified atom stereocenters. The second-order valence-electron chi connectivity index (χ2n) is 33.0. The molecule has 7 atom stereocenters. The van der Waals surface area contributed by atoms with E-state index < -0.39 is 156 Å². The van der Waals surface area contributed by atoms with Gasteiger partial charge in [0.25, 0.3) is 11.8 Å². The molecule has 0 radical (unpaired) electrons. The summed E-state index contributed by atoms with van der Waals surface area (Å²) < 4.78 is 6.05. The second kappa shape index (κ2) is 45.9. The molecule has 13 amide bonds. The number of guanidine groups is 1. The molecule has 44 heteroatoms. The predicted molar refractivity (Wildman–Crippen MR) is 500 cm³/mol. The number of piperidine rings is 2. The van der Waals surface area contributed by atoms with Gasteiger partial charge in [-0.15, -0.1) is 0 Å². The van der Waals surface area contributed by atoms with Gasteiger partial charge in [-0.05, 0) is 171 Å².